The van der Waals surface area contributed by atoms with Crippen LogP contribution in [0.3, 0.4) is 0 Å². The van der Waals surface area contributed by atoms with E-state index in [2.05, 4.69) is 10.1 Å². The van der Waals surface area contributed by atoms with E-state index >= 15 is 0 Å². The summed E-state index contributed by atoms with van der Waals surface area (Å²) in [6, 6.07) is 7.79. The fourth-order valence-corrected chi connectivity index (χ4v) is 1.92. The molecule has 0 saturated heterocycles. The quantitative estimate of drug-likeness (QED) is 0.763. The van der Waals surface area contributed by atoms with Crippen molar-refractivity contribution in [1.82, 2.24) is 14.8 Å². The maximum absolute atomic E-state index is 11.1. The van der Waals surface area contributed by atoms with E-state index in [-0.39, 0.29) is 11.8 Å². The number of rotatable bonds is 2. The topological polar surface area (TPSA) is 47.8 Å². The highest BCUT2D eigenvalue weighted by atomic mass is 16.1. The Balaban J connectivity index is 1.98. The van der Waals surface area contributed by atoms with Crippen molar-refractivity contribution in [2.24, 2.45) is 0 Å². The lowest BCUT2D eigenvalue weighted by molar-refractivity contribution is -0.117. The molecule has 1 unspecified atom stereocenters. The first-order valence-corrected chi connectivity index (χ1v) is 5.21. The first-order chi connectivity index (χ1) is 7.68. The summed E-state index contributed by atoms with van der Waals surface area (Å²) >= 11 is 0. The lowest BCUT2D eigenvalue weighted by Crippen LogP contribution is -2.00. The van der Waals surface area contributed by atoms with E-state index in [0.29, 0.717) is 5.82 Å². The summed E-state index contributed by atoms with van der Waals surface area (Å²) in [6.45, 7) is 3.59. The molecule has 3 rings (SSSR count). The van der Waals surface area contributed by atoms with Gasteiger partial charge in [0.25, 0.3) is 0 Å². The Hall–Kier alpha value is -1.97. The summed E-state index contributed by atoms with van der Waals surface area (Å²) in [5, 5.41) is 4.32. The van der Waals surface area contributed by atoms with Gasteiger partial charge in [0.15, 0.2) is 23.5 Å². The summed E-state index contributed by atoms with van der Waals surface area (Å²) in [6.07, 6.45) is 0. The third-order valence-electron chi connectivity index (χ3n) is 2.85. The largest absolute Gasteiger partial charge is 0.297 e. The first kappa shape index (κ1) is 9.27. The van der Waals surface area contributed by atoms with E-state index in [1.165, 1.54) is 0 Å². The number of aryl methyl sites for hydroxylation is 1. The van der Waals surface area contributed by atoms with Crippen molar-refractivity contribution in [3.8, 4) is 11.4 Å². The number of carbonyl (C=O) groups excluding carboxylic acids is 1. The molecule has 0 bridgehead atoms. The van der Waals surface area contributed by atoms with E-state index in [9.17, 15) is 4.79 Å². The molecule has 0 spiro atoms. The molecule has 2 heterocycles. The van der Waals surface area contributed by atoms with Gasteiger partial charge in [-0.1, -0.05) is 24.3 Å². The average Bonchev–Trinajstić information content (AvgIpc) is 2.76. The minimum absolute atomic E-state index is 0.103. The molecule has 1 aromatic heterocycles. The number of carbonyl (C=O) groups is 1. The van der Waals surface area contributed by atoms with Crippen LogP contribution in [-0.2, 0) is 4.79 Å². The molecule has 80 valence electrons. The zero-order valence-corrected chi connectivity index (χ0v) is 9.14. The van der Waals surface area contributed by atoms with Gasteiger partial charge in [0.1, 0.15) is 0 Å². The summed E-state index contributed by atoms with van der Waals surface area (Å²) in [5.41, 5.74) is 2.18. The Bertz CT molecular complexity index is 564. The highest BCUT2D eigenvalue weighted by Crippen LogP contribution is 2.34. The molecule has 4 heteroatoms. The second-order valence-electron chi connectivity index (χ2n) is 4.07. The normalized spacial score (nSPS) is 17.0. The van der Waals surface area contributed by atoms with Gasteiger partial charge < -0.3 is 0 Å². The van der Waals surface area contributed by atoms with Crippen LogP contribution in [0, 0.1) is 6.92 Å². The lowest BCUT2D eigenvalue weighted by atomic mass is 10.1. The second-order valence-corrected chi connectivity index (χ2v) is 4.07. The van der Waals surface area contributed by atoms with Gasteiger partial charge >= 0.3 is 0 Å². The molecule has 4 nitrogen and oxygen atoms in total. The minimum atomic E-state index is -0.187. The number of Topliss-reactive ketones (excluding diaryl/α,β-unsaturated/α-hetero) is 1. The van der Waals surface area contributed by atoms with Gasteiger partial charge in [-0.3, -0.25) is 4.79 Å². The number of ketones is 1. The maximum Gasteiger partial charge on any atom is 0.181 e. The standard InChI is InChI=1S/C12H11N3O/c1-7-5-3-4-6-9(7)11-13-12-10(8(2)16)15(12)14-11/h3-6,10H,1-2H3. The van der Waals surface area contributed by atoms with Crippen LogP contribution in [0.1, 0.15) is 24.4 Å². The van der Waals surface area contributed by atoms with Crippen molar-refractivity contribution in [1.29, 1.82) is 0 Å². The van der Waals surface area contributed by atoms with Crippen molar-refractivity contribution in [3.63, 3.8) is 0 Å². The molecule has 0 N–H and O–H groups in total. The molecule has 1 atom stereocenters. The van der Waals surface area contributed by atoms with Crippen molar-refractivity contribution < 1.29 is 4.79 Å². The van der Waals surface area contributed by atoms with Crippen LogP contribution in [0.25, 0.3) is 11.4 Å². The van der Waals surface area contributed by atoms with E-state index in [1.54, 1.807) is 11.6 Å². The molecule has 16 heavy (non-hydrogen) atoms. The van der Waals surface area contributed by atoms with Crippen LogP contribution in [0.2, 0.25) is 0 Å². The zero-order valence-electron chi connectivity index (χ0n) is 9.14. The molecule has 0 amide bonds. The highest BCUT2D eigenvalue weighted by Gasteiger charge is 2.41. The predicted molar refractivity (Wildman–Crippen MR) is 59.0 cm³/mol. The third-order valence-corrected chi connectivity index (χ3v) is 2.85. The molecule has 0 fully saturated rings. The number of fused-ring (bicyclic) bond motifs is 1. The number of hydrogen-bond donors (Lipinski definition) is 0. The van der Waals surface area contributed by atoms with Crippen LogP contribution in [-0.4, -0.2) is 20.5 Å². The van der Waals surface area contributed by atoms with E-state index in [0.717, 1.165) is 17.0 Å². The fraction of sp³-hybridized carbons (Fsp3) is 0.250. The SMILES string of the molecule is CC(=O)C1c2nc(-c3ccccc3C)nn21. The Morgan fingerprint density at radius 2 is 2.12 bits per heavy atom. The van der Waals surface area contributed by atoms with Gasteiger partial charge in [0.05, 0.1) is 0 Å². The van der Waals surface area contributed by atoms with Gasteiger partial charge in [0.2, 0.25) is 0 Å². The maximum atomic E-state index is 11.1. The van der Waals surface area contributed by atoms with Gasteiger partial charge in [-0.25, -0.2) is 9.67 Å². The summed E-state index contributed by atoms with van der Waals surface area (Å²) in [4.78, 5) is 15.5. The third kappa shape index (κ3) is 1.19. The Labute approximate surface area is 92.9 Å². The van der Waals surface area contributed by atoms with Gasteiger partial charge in [-0.05, 0) is 19.4 Å². The predicted octanol–water partition coefficient (Wildman–Crippen LogP) is 1.75. The molecular formula is C12H11N3O. The van der Waals surface area contributed by atoms with Crippen molar-refractivity contribution in [2.45, 2.75) is 19.9 Å². The minimum Gasteiger partial charge on any atom is -0.297 e. The Kier molecular flexibility index (Phi) is 1.74. The summed E-state index contributed by atoms with van der Waals surface area (Å²) < 4.78 is 1.68. The van der Waals surface area contributed by atoms with Crippen LogP contribution in [0.15, 0.2) is 24.3 Å². The lowest BCUT2D eigenvalue weighted by Gasteiger charge is -2.00. The van der Waals surface area contributed by atoms with Gasteiger partial charge in [0, 0.05) is 5.56 Å². The zero-order chi connectivity index (χ0) is 11.3. The van der Waals surface area contributed by atoms with Crippen LogP contribution in [0.5, 0.6) is 0 Å². The monoisotopic (exact) mass is 213 g/mol. The van der Waals surface area contributed by atoms with Crippen molar-refractivity contribution in [3.05, 3.63) is 35.7 Å². The van der Waals surface area contributed by atoms with Gasteiger partial charge in [-0.15, -0.1) is 5.10 Å². The van der Waals surface area contributed by atoms with Gasteiger partial charge in [-0.2, -0.15) is 0 Å². The molecule has 0 radical (unpaired) electrons. The molecule has 0 aliphatic carbocycles. The molecule has 1 aliphatic rings. The highest BCUT2D eigenvalue weighted by molar-refractivity contribution is 5.86. The second kappa shape index (κ2) is 3.01. The summed E-state index contributed by atoms with van der Waals surface area (Å²) in [7, 11) is 0. The molecule has 1 aromatic carbocycles. The van der Waals surface area contributed by atoms with E-state index < -0.39 is 0 Å². The van der Waals surface area contributed by atoms with E-state index in [4.69, 9.17) is 0 Å². The molecule has 1 aliphatic heterocycles. The molecule has 0 saturated carbocycles. The number of hydrogen-bond acceptors (Lipinski definition) is 3. The van der Waals surface area contributed by atoms with Crippen LogP contribution >= 0.6 is 0 Å². The molecule has 2 aromatic rings. The fourth-order valence-electron chi connectivity index (χ4n) is 1.92. The smallest absolute Gasteiger partial charge is 0.181 e. The van der Waals surface area contributed by atoms with E-state index in [1.807, 2.05) is 31.2 Å². The summed E-state index contributed by atoms with van der Waals surface area (Å²) in [5.74, 6) is 1.60. The number of aromatic nitrogens is 3. The molecular weight excluding hydrogens is 202 g/mol. The Morgan fingerprint density at radius 1 is 1.38 bits per heavy atom. The number of nitrogens with zero attached hydrogens (tertiary/aromatic N) is 3. The Morgan fingerprint density at radius 3 is 2.69 bits per heavy atom. The van der Waals surface area contributed by atoms with Crippen LogP contribution in [0.4, 0.5) is 0 Å². The van der Waals surface area contributed by atoms with Crippen molar-refractivity contribution >= 4 is 5.78 Å². The van der Waals surface area contributed by atoms with Crippen LogP contribution < -0.4 is 0 Å². The number of benzene rings is 1. The van der Waals surface area contributed by atoms with Crippen molar-refractivity contribution in [2.75, 3.05) is 0 Å². The first-order valence-electron chi connectivity index (χ1n) is 5.21. The average molecular weight is 213 g/mol.